The number of ether oxygens (including phenoxy) is 2. The van der Waals surface area contributed by atoms with Crippen molar-refractivity contribution in [3.05, 3.63) is 90.0 Å². The summed E-state index contributed by atoms with van der Waals surface area (Å²) in [5.74, 6) is -1.23. The maximum absolute atomic E-state index is 13.9. The molecule has 4 aromatic rings. The standard InChI is InChI=1S/C34H37N3O7/c1-4-5-18-42-23-28(35-44-33(40)30-11-8-19-43-30)31(38)24-12-14-25(15-13-24)37-22-27(26-9-6-7-10-29(26)37)32(39)34(2,3)36-16-20-41-21-17-36/h6-15,19,22H,4-5,16-18,20-21,23H2,1-3H3/b35-28+. The van der Waals surface area contributed by atoms with E-state index in [-0.39, 0.29) is 23.9 Å². The van der Waals surface area contributed by atoms with E-state index in [0.717, 1.165) is 29.4 Å². The molecule has 44 heavy (non-hydrogen) atoms. The number of unbranched alkanes of at least 4 members (excludes halogenated alkanes) is 1. The van der Waals surface area contributed by atoms with E-state index in [1.165, 1.54) is 12.3 Å². The highest BCUT2D eigenvalue weighted by molar-refractivity contribution is 6.46. The predicted molar refractivity (Wildman–Crippen MR) is 166 cm³/mol. The lowest BCUT2D eigenvalue weighted by Gasteiger charge is -2.39. The molecule has 230 valence electrons. The number of hydrogen-bond donors (Lipinski definition) is 0. The largest absolute Gasteiger partial charge is 0.457 e. The second-order valence-electron chi connectivity index (χ2n) is 11.1. The Morgan fingerprint density at radius 1 is 0.977 bits per heavy atom. The Morgan fingerprint density at radius 3 is 2.43 bits per heavy atom. The number of nitrogens with zero attached hydrogens (tertiary/aromatic N) is 3. The van der Waals surface area contributed by atoms with Gasteiger partial charge in [-0.1, -0.05) is 36.7 Å². The van der Waals surface area contributed by atoms with E-state index in [1.807, 2.05) is 67.9 Å². The molecular formula is C34H37N3O7. The average Bonchev–Trinajstić information content (AvgIpc) is 3.73. The van der Waals surface area contributed by atoms with Crippen LogP contribution in [0.4, 0.5) is 0 Å². The number of Topliss-reactive ketones (excluding diaryl/α,β-unsaturated/α-hetero) is 2. The molecule has 2 aromatic heterocycles. The van der Waals surface area contributed by atoms with Gasteiger partial charge in [-0.05, 0) is 62.7 Å². The zero-order valence-electron chi connectivity index (χ0n) is 25.3. The second-order valence-corrected chi connectivity index (χ2v) is 11.1. The molecule has 0 amide bonds. The highest BCUT2D eigenvalue weighted by Crippen LogP contribution is 2.30. The highest BCUT2D eigenvalue weighted by Gasteiger charge is 2.37. The third-order valence-electron chi connectivity index (χ3n) is 7.83. The summed E-state index contributed by atoms with van der Waals surface area (Å²) >= 11 is 0. The molecule has 0 spiro atoms. The molecule has 0 saturated carbocycles. The van der Waals surface area contributed by atoms with E-state index in [1.54, 1.807) is 18.2 Å². The summed E-state index contributed by atoms with van der Waals surface area (Å²) in [6, 6.07) is 17.8. The maximum atomic E-state index is 13.9. The number of furan rings is 1. The number of hydrogen-bond acceptors (Lipinski definition) is 9. The summed E-state index contributed by atoms with van der Waals surface area (Å²) in [4.78, 5) is 46.8. The van der Waals surface area contributed by atoms with Crippen molar-refractivity contribution in [1.29, 1.82) is 0 Å². The summed E-state index contributed by atoms with van der Waals surface area (Å²) in [7, 11) is 0. The number of oxime groups is 1. The molecule has 1 fully saturated rings. The van der Waals surface area contributed by atoms with E-state index in [2.05, 4.69) is 10.1 Å². The number of ketones is 2. The van der Waals surface area contributed by atoms with Gasteiger partial charge in [0, 0.05) is 48.1 Å². The van der Waals surface area contributed by atoms with Gasteiger partial charge in [0.05, 0.1) is 37.1 Å². The lowest BCUT2D eigenvalue weighted by atomic mass is 9.90. The molecule has 3 heterocycles. The Bertz CT molecular complexity index is 1630. The average molecular weight is 600 g/mol. The van der Waals surface area contributed by atoms with Crippen LogP contribution in [0.15, 0.2) is 82.7 Å². The van der Waals surface area contributed by atoms with Crippen LogP contribution in [0.1, 0.15) is 64.9 Å². The zero-order valence-corrected chi connectivity index (χ0v) is 25.3. The van der Waals surface area contributed by atoms with Gasteiger partial charge in [0.1, 0.15) is 0 Å². The number of benzene rings is 2. The molecule has 0 bridgehead atoms. The number of morpholine rings is 1. The Labute approximate surface area is 256 Å². The molecule has 1 aliphatic heterocycles. The lowest BCUT2D eigenvalue weighted by Crippen LogP contribution is -2.54. The third kappa shape index (κ3) is 6.72. The number of aromatic nitrogens is 1. The van der Waals surface area contributed by atoms with Gasteiger partial charge >= 0.3 is 5.97 Å². The first-order chi connectivity index (χ1) is 21.3. The van der Waals surface area contributed by atoms with Gasteiger partial charge in [0.25, 0.3) is 0 Å². The summed E-state index contributed by atoms with van der Waals surface area (Å²) < 4.78 is 18.1. The van der Waals surface area contributed by atoms with Crippen LogP contribution in [0, 0.1) is 0 Å². The summed E-state index contributed by atoms with van der Waals surface area (Å²) in [6.45, 7) is 8.90. The molecule has 0 unspecified atom stereocenters. The van der Waals surface area contributed by atoms with E-state index >= 15 is 0 Å². The van der Waals surface area contributed by atoms with Gasteiger partial charge in [-0.15, -0.1) is 0 Å². The molecule has 10 nitrogen and oxygen atoms in total. The Morgan fingerprint density at radius 2 is 1.73 bits per heavy atom. The van der Waals surface area contributed by atoms with Crippen LogP contribution >= 0.6 is 0 Å². The lowest BCUT2D eigenvalue weighted by molar-refractivity contribution is -0.00424. The normalized spacial score (nSPS) is 14.6. The van der Waals surface area contributed by atoms with Crippen LogP contribution in [-0.4, -0.2) is 77.8 Å². The first-order valence-corrected chi connectivity index (χ1v) is 14.8. The summed E-state index contributed by atoms with van der Waals surface area (Å²) in [5.41, 5.74) is 1.89. The summed E-state index contributed by atoms with van der Waals surface area (Å²) in [5, 5.41) is 4.69. The fraction of sp³-hybridized carbons (Fsp3) is 0.353. The Kier molecular flexibility index (Phi) is 9.84. The van der Waals surface area contributed by atoms with Gasteiger partial charge in [0.2, 0.25) is 11.5 Å². The van der Waals surface area contributed by atoms with Crippen LogP contribution in [0.2, 0.25) is 0 Å². The fourth-order valence-corrected chi connectivity index (χ4v) is 5.19. The highest BCUT2D eigenvalue weighted by atomic mass is 16.7. The number of para-hydroxylation sites is 1. The first-order valence-electron chi connectivity index (χ1n) is 14.8. The van der Waals surface area contributed by atoms with Gasteiger partial charge in [-0.2, -0.15) is 0 Å². The molecule has 5 rings (SSSR count). The van der Waals surface area contributed by atoms with Gasteiger partial charge in [-0.3, -0.25) is 14.5 Å². The molecule has 1 saturated heterocycles. The van der Waals surface area contributed by atoms with Crippen LogP contribution in [-0.2, 0) is 14.3 Å². The Balaban J connectivity index is 1.40. The molecular weight excluding hydrogens is 562 g/mol. The van der Waals surface area contributed by atoms with Crippen molar-refractivity contribution in [3.63, 3.8) is 0 Å². The van der Waals surface area contributed by atoms with Crippen molar-refractivity contribution >= 4 is 34.2 Å². The molecule has 2 aromatic carbocycles. The fourth-order valence-electron chi connectivity index (χ4n) is 5.19. The minimum atomic E-state index is -0.814. The Hall–Kier alpha value is -4.38. The number of fused-ring (bicyclic) bond motifs is 1. The van der Waals surface area contributed by atoms with Crippen molar-refractivity contribution in [2.24, 2.45) is 5.16 Å². The quantitative estimate of drug-likeness (QED) is 0.0630. The van der Waals surface area contributed by atoms with Crippen molar-refractivity contribution in [1.82, 2.24) is 9.47 Å². The van der Waals surface area contributed by atoms with Crippen molar-refractivity contribution in [2.45, 2.75) is 39.2 Å². The van der Waals surface area contributed by atoms with Gasteiger partial charge in [0.15, 0.2) is 11.5 Å². The molecule has 1 aliphatic rings. The van der Waals surface area contributed by atoms with Gasteiger partial charge in [-0.25, -0.2) is 4.79 Å². The van der Waals surface area contributed by atoms with E-state index < -0.39 is 17.3 Å². The topological polar surface area (TPSA) is 113 Å². The van der Waals surface area contributed by atoms with Crippen LogP contribution < -0.4 is 0 Å². The monoisotopic (exact) mass is 599 g/mol. The van der Waals surface area contributed by atoms with Crippen LogP contribution in [0.25, 0.3) is 16.6 Å². The van der Waals surface area contributed by atoms with E-state index in [9.17, 15) is 14.4 Å². The molecule has 10 heteroatoms. The van der Waals surface area contributed by atoms with E-state index in [4.69, 9.17) is 18.7 Å². The summed E-state index contributed by atoms with van der Waals surface area (Å²) in [6.07, 6.45) is 4.97. The SMILES string of the molecule is CCCCOC/C(=N\OC(=O)c1ccco1)C(=O)c1ccc(-n2cc(C(=O)C(C)(C)N3CCOCC3)c3ccccc32)cc1. The molecule has 0 N–H and O–H groups in total. The molecule has 0 aliphatic carbocycles. The van der Waals surface area contributed by atoms with Crippen LogP contribution in [0.5, 0.6) is 0 Å². The third-order valence-corrected chi connectivity index (χ3v) is 7.83. The first kappa shape index (κ1) is 31.1. The van der Waals surface area contributed by atoms with Crippen molar-refractivity contribution in [2.75, 3.05) is 39.5 Å². The zero-order chi connectivity index (χ0) is 31.1. The van der Waals surface area contributed by atoms with Crippen molar-refractivity contribution < 1.29 is 33.1 Å². The van der Waals surface area contributed by atoms with Crippen LogP contribution in [0.3, 0.4) is 0 Å². The molecule has 0 radical (unpaired) electrons. The second kappa shape index (κ2) is 13.9. The predicted octanol–water partition coefficient (Wildman–Crippen LogP) is 5.73. The van der Waals surface area contributed by atoms with E-state index in [0.29, 0.717) is 44.0 Å². The number of carbonyl (C=O) groups excluding carboxylic acids is 3. The number of rotatable bonds is 13. The van der Waals surface area contributed by atoms with Crippen molar-refractivity contribution in [3.8, 4) is 5.69 Å². The smallest absolute Gasteiger partial charge is 0.400 e. The molecule has 0 atom stereocenters. The van der Waals surface area contributed by atoms with Gasteiger partial charge < -0.3 is 23.3 Å². The minimum Gasteiger partial charge on any atom is -0.457 e. The maximum Gasteiger partial charge on any atom is 0.400 e. The minimum absolute atomic E-state index is 0.0260. The number of carbonyl (C=O) groups is 3.